The summed E-state index contributed by atoms with van der Waals surface area (Å²) in [6.07, 6.45) is 0.978. The molecule has 0 saturated carbocycles. The zero-order valence-corrected chi connectivity index (χ0v) is 14.4. The van der Waals surface area contributed by atoms with Crippen molar-refractivity contribution in [2.45, 2.75) is 19.9 Å². The number of aromatic nitrogens is 2. The van der Waals surface area contributed by atoms with Gasteiger partial charge in [-0.05, 0) is 19.4 Å². The van der Waals surface area contributed by atoms with Gasteiger partial charge >= 0.3 is 0 Å². The van der Waals surface area contributed by atoms with Crippen LogP contribution in [0.25, 0.3) is 11.3 Å². The van der Waals surface area contributed by atoms with Gasteiger partial charge in [-0.2, -0.15) is 5.10 Å². The third-order valence-corrected chi connectivity index (χ3v) is 4.46. The van der Waals surface area contributed by atoms with Crippen molar-refractivity contribution in [2.24, 2.45) is 5.92 Å². The molecule has 0 spiro atoms. The second-order valence-corrected chi connectivity index (χ2v) is 6.24. The van der Waals surface area contributed by atoms with Crippen LogP contribution in [-0.2, 0) is 16.1 Å². The summed E-state index contributed by atoms with van der Waals surface area (Å²) in [5, 5.41) is 4.36. The smallest absolute Gasteiger partial charge is 0.267 e. The lowest BCUT2D eigenvalue weighted by Crippen LogP contribution is -2.40. The van der Waals surface area contributed by atoms with Gasteiger partial charge in [0.15, 0.2) is 0 Å². The van der Waals surface area contributed by atoms with Gasteiger partial charge in [0.2, 0.25) is 5.91 Å². The fourth-order valence-corrected chi connectivity index (χ4v) is 3.00. The molecular weight excluding hydrogens is 318 g/mol. The van der Waals surface area contributed by atoms with E-state index < -0.39 is 0 Å². The van der Waals surface area contributed by atoms with Crippen LogP contribution in [0.3, 0.4) is 0 Å². The van der Waals surface area contributed by atoms with Gasteiger partial charge in [0.1, 0.15) is 6.54 Å². The van der Waals surface area contributed by atoms with Crippen LogP contribution in [0, 0.1) is 5.92 Å². The van der Waals surface area contributed by atoms with Crippen LogP contribution in [-0.4, -0.2) is 46.9 Å². The number of hydrogen-bond acceptors (Lipinski definition) is 4. The molecule has 1 fully saturated rings. The molecule has 1 aliphatic heterocycles. The van der Waals surface area contributed by atoms with Crippen LogP contribution < -0.4 is 5.56 Å². The largest absolute Gasteiger partial charge is 0.381 e. The number of nitrogens with zero attached hydrogens (tertiary/aromatic N) is 3. The van der Waals surface area contributed by atoms with Gasteiger partial charge in [0.25, 0.3) is 5.56 Å². The number of rotatable bonds is 6. The van der Waals surface area contributed by atoms with Gasteiger partial charge in [0, 0.05) is 37.2 Å². The summed E-state index contributed by atoms with van der Waals surface area (Å²) in [6.45, 7) is 4.65. The van der Waals surface area contributed by atoms with E-state index >= 15 is 0 Å². The van der Waals surface area contributed by atoms with Crippen LogP contribution in [0.5, 0.6) is 0 Å². The predicted molar refractivity (Wildman–Crippen MR) is 95.1 cm³/mol. The first kappa shape index (κ1) is 17.4. The third kappa shape index (κ3) is 4.33. The van der Waals surface area contributed by atoms with E-state index in [-0.39, 0.29) is 18.0 Å². The molecular formula is C19H23N3O3. The average molecular weight is 341 g/mol. The summed E-state index contributed by atoms with van der Waals surface area (Å²) in [5.41, 5.74) is 1.33. The zero-order valence-electron chi connectivity index (χ0n) is 14.4. The van der Waals surface area contributed by atoms with Crippen molar-refractivity contribution < 1.29 is 9.53 Å². The number of carbonyl (C=O) groups excluding carboxylic acids is 1. The number of likely N-dealkylation sites (N-methyl/N-ethyl adjacent to an activating group) is 1. The third-order valence-electron chi connectivity index (χ3n) is 4.46. The summed E-state index contributed by atoms with van der Waals surface area (Å²) in [4.78, 5) is 26.5. The molecule has 0 radical (unpaired) electrons. The molecule has 1 amide bonds. The Morgan fingerprint density at radius 1 is 1.28 bits per heavy atom. The maximum absolute atomic E-state index is 12.6. The molecule has 3 rings (SSSR count). The Labute approximate surface area is 147 Å². The molecule has 132 valence electrons. The van der Waals surface area contributed by atoms with Crippen LogP contribution in [0.15, 0.2) is 47.3 Å². The summed E-state index contributed by atoms with van der Waals surface area (Å²) < 4.78 is 6.63. The molecule has 1 saturated heterocycles. The van der Waals surface area contributed by atoms with Crippen molar-refractivity contribution in [1.29, 1.82) is 0 Å². The van der Waals surface area contributed by atoms with Crippen LogP contribution in [0.1, 0.15) is 13.3 Å². The Bertz CT molecular complexity index is 767. The topological polar surface area (TPSA) is 64.4 Å². The second kappa shape index (κ2) is 8.07. The molecule has 6 heteroatoms. The highest BCUT2D eigenvalue weighted by molar-refractivity contribution is 5.76. The number of carbonyl (C=O) groups is 1. The highest BCUT2D eigenvalue weighted by Crippen LogP contribution is 2.15. The Morgan fingerprint density at radius 3 is 2.76 bits per heavy atom. The number of amides is 1. The first-order valence-electron chi connectivity index (χ1n) is 8.66. The molecule has 1 aromatic carbocycles. The molecule has 1 atom stereocenters. The van der Waals surface area contributed by atoms with Gasteiger partial charge in [0.05, 0.1) is 12.3 Å². The van der Waals surface area contributed by atoms with Crippen LogP contribution >= 0.6 is 0 Å². The maximum atomic E-state index is 12.6. The van der Waals surface area contributed by atoms with Crippen LogP contribution in [0.2, 0.25) is 0 Å². The van der Waals surface area contributed by atoms with Crippen molar-refractivity contribution in [3.63, 3.8) is 0 Å². The Kier molecular flexibility index (Phi) is 5.60. The van der Waals surface area contributed by atoms with Crippen molar-refractivity contribution in [2.75, 3.05) is 26.3 Å². The Hall–Kier alpha value is -2.47. The fourth-order valence-electron chi connectivity index (χ4n) is 3.00. The molecule has 2 aromatic rings. The van der Waals surface area contributed by atoms with Gasteiger partial charge in [-0.1, -0.05) is 30.3 Å². The summed E-state index contributed by atoms with van der Waals surface area (Å²) in [7, 11) is 0. The maximum Gasteiger partial charge on any atom is 0.267 e. The second-order valence-electron chi connectivity index (χ2n) is 6.24. The molecule has 0 bridgehead atoms. The summed E-state index contributed by atoms with van der Waals surface area (Å²) >= 11 is 0. The zero-order chi connectivity index (χ0) is 17.6. The number of ether oxygens (including phenoxy) is 1. The predicted octanol–water partition coefficient (Wildman–Crippen LogP) is 1.80. The van der Waals surface area contributed by atoms with Crippen molar-refractivity contribution >= 4 is 5.91 Å². The van der Waals surface area contributed by atoms with Crippen LogP contribution in [0.4, 0.5) is 0 Å². The lowest BCUT2D eigenvalue weighted by Gasteiger charge is -2.23. The van der Waals surface area contributed by atoms with E-state index in [2.05, 4.69) is 5.10 Å². The lowest BCUT2D eigenvalue weighted by atomic mass is 10.1. The van der Waals surface area contributed by atoms with E-state index in [1.165, 1.54) is 10.7 Å². The molecule has 1 aliphatic rings. The van der Waals surface area contributed by atoms with Crippen molar-refractivity contribution in [3.8, 4) is 11.3 Å². The SMILES string of the molecule is CCN(C[C@H]1CCOC1)C(=O)Cn1nc(-c2ccccc2)ccc1=O. The van der Waals surface area contributed by atoms with E-state index in [1.807, 2.05) is 37.3 Å². The summed E-state index contributed by atoms with van der Waals surface area (Å²) in [5.74, 6) is 0.290. The highest BCUT2D eigenvalue weighted by atomic mass is 16.5. The minimum atomic E-state index is -0.270. The number of hydrogen-bond donors (Lipinski definition) is 0. The molecule has 1 aromatic heterocycles. The summed E-state index contributed by atoms with van der Waals surface area (Å²) in [6, 6.07) is 12.8. The molecule has 0 aliphatic carbocycles. The number of benzene rings is 1. The minimum Gasteiger partial charge on any atom is -0.381 e. The van der Waals surface area contributed by atoms with Crippen molar-refractivity contribution in [1.82, 2.24) is 14.7 Å². The molecule has 25 heavy (non-hydrogen) atoms. The molecule has 2 heterocycles. The van der Waals surface area contributed by atoms with E-state index in [0.717, 1.165) is 18.6 Å². The van der Waals surface area contributed by atoms with Gasteiger partial charge in [-0.3, -0.25) is 9.59 Å². The van der Waals surface area contributed by atoms with Crippen molar-refractivity contribution in [3.05, 3.63) is 52.8 Å². The highest BCUT2D eigenvalue weighted by Gasteiger charge is 2.22. The average Bonchev–Trinajstić information content (AvgIpc) is 3.15. The van der Waals surface area contributed by atoms with Gasteiger partial charge in [-0.25, -0.2) is 4.68 Å². The normalized spacial score (nSPS) is 16.8. The standard InChI is InChI=1S/C19H23N3O3/c1-2-21(12-15-10-11-25-14-15)19(24)13-22-18(23)9-8-17(20-22)16-6-4-3-5-7-16/h3-9,15H,2,10-14H2,1H3/t15-/m1/s1. The first-order chi connectivity index (χ1) is 12.2. The fraction of sp³-hybridized carbons (Fsp3) is 0.421. The van der Waals surface area contributed by atoms with E-state index in [4.69, 9.17) is 4.74 Å². The van der Waals surface area contributed by atoms with E-state index in [9.17, 15) is 9.59 Å². The first-order valence-corrected chi connectivity index (χ1v) is 8.66. The lowest BCUT2D eigenvalue weighted by molar-refractivity contribution is -0.132. The molecule has 0 N–H and O–H groups in total. The molecule has 6 nitrogen and oxygen atoms in total. The van der Waals surface area contributed by atoms with Gasteiger partial charge in [-0.15, -0.1) is 0 Å². The minimum absolute atomic E-state index is 0.0407. The quantitative estimate of drug-likeness (QED) is 0.804. The van der Waals surface area contributed by atoms with E-state index in [0.29, 0.717) is 31.3 Å². The van der Waals surface area contributed by atoms with Gasteiger partial charge < -0.3 is 9.64 Å². The Morgan fingerprint density at radius 2 is 2.08 bits per heavy atom. The monoisotopic (exact) mass is 341 g/mol. The molecule has 0 unspecified atom stereocenters. The Balaban J connectivity index is 1.74. The van der Waals surface area contributed by atoms with E-state index in [1.54, 1.807) is 11.0 Å².